The topological polar surface area (TPSA) is 32.3 Å². The molecule has 0 aromatic carbocycles. The Bertz CT molecular complexity index is 150. The fourth-order valence-electron chi connectivity index (χ4n) is 1.91. The molecule has 2 heteroatoms. The minimum Gasteiger partial charge on any atom is -0.389 e. The zero-order valence-electron chi connectivity index (χ0n) is 8.39. The first-order valence-electron chi connectivity index (χ1n) is 5.31. The summed E-state index contributed by atoms with van der Waals surface area (Å²) in [5.74, 6) is 0. The second kappa shape index (κ2) is 5.40. The summed E-state index contributed by atoms with van der Waals surface area (Å²) in [5.41, 5.74) is -0.417. The lowest BCUT2D eigenvalue weighted by Crippen LogP contribution is -2.42. The van der Waals surface area contributed by atoms with Crippen LogP contribution in [0.25, 0.3) is 0 Å². The van der Waals surface area contributed by atoms with Gasteiger partial charge in [-0.05, 0) is 25.8 Å². The van der Waals surface area contributed by atoms with Gasteiger partial charge in [0, 0.05) is 6.54 Å². The van der Waals surface area contributed by atoms with Crippen molar-refractivity contribution in [3.63, 3.8) is 0 Å². The molecule has 0 spiro atoms. The van der Waals surface area contributed by atoms with Gasteiger partial charge in [0.15, 0.2) is 0 Å². The molecule has 0 unspecified atom stereocenters. The third-order valence-corrected chi connectivity index (χ3v) is 2.76. The van der Waals surface area contributed by atoms with Crippen molar-refractivity contribution in [3.8, 4) is 0 Å². The Morgan fingerprint density at radius 3 is 2.62 bits per heavy atom. The second-order valence-corrected chi connectivity index (χ2v) is 4.04. The van der Waals surface area contributed by atoms with Crippen LogP contribution in [0.2, 0.25) is 0 Å². The third kappa shape index (κ3) is 3.92. The van der Waals surface area contributed by atoms with Crippen molar-refractivity contribution in [3.05, 3.63) is 12.7 Å². The normalized spacial score (nSPS) is 21.3. The van der Waals surface area contributed by atoms with Gasteiger partial charge in [-0.25, -0.2) is 0 Å². The number of hydrogen-bond acceptors (Lipinski definition) is 2. The molecule has 0 saturated heterocycles. The third-order valence-electron chi connectivity index (χ3n) is 2.76. The van der Waals surface area contributed by atoms with Crippen LogP contribution in [0.5, 0.6) is 0 Å². The Balaban J connectivity index is 2.13. The average molecular weight is 183 g/mol. The lowest BCUT2D eigenvalue weighted by atomic mass is 9.85. The summed E-state index contributed by atoms with van der Waals surface area (Å²) in [6, 6.07) is 0. The van der Waals surface area contributed by atoms with Crippen LogP contribution in [-0.4, -0.2) is 23.8 Å². The van der Waals surface area contributed by atoms with E-state index >= 15 is 0 Å². The van der Waals surface area contributed by atoms with Crippen LogP contribution in [0.3, 0.4) is 0 Å². The Kier molecular flexibility index (Phi) is 4.46. The van der Waals surface area contributed by atoms with Gasteiger partial charge in [0.25, 0.3) is 0 Å². The Labute approximate surface area is 81.0 Å². The van der Waals surface area contributed by atoms with E-state index in [-0.39, 0.29) is 0 Å². The fraction of sp³-hybridized carbons (Fsp3) is 0.818. The molecule has 1 aliphatic rings. The lowest BCUT2D eigenvalue weighted by molar-refractivity contribution is 0.00521. The van der Waals surface area contributed by atoms with Crippen molar-refractivity contribution >= 4 is 0 Å². The zero-order valence-corrected chi connectivity index (χ0v) is 8.39. The van der Waals surface area contributed by atoms with Crippen LogP contribution in [0.15, 0.2) is 12.7 Å². The van der Waals surface area contributed by atoms with Crippen molar-refractivity contribution in [2.24, 2.45) is 0 Å². The molecule has 0 heterocycles. The Morgan fingerprint density at radius 1 is 1.31 bits per heavy atom. The van der Waals surface area contributed by atoms with Crippen molar-refractivity contribution < 1.29 is 5.11 Å². The summed E-state index contributed by atoms with van der Waals surface area (Å²) >= 11 is 0. The van der Waals surface area contributed by atoms with E-state index in [1.165, 1.54) is 19.3 Å². The summed E-state index contributed by atoms with van der Waals surface area (Å²) in [5, 5.41) is 13.4. The number of hydrogen-bond donors (Lipinski definition) is 2. The minimum absolute atomic E-state index is 0.417. The van der Waals surface area contributed by atoms with Gasteiger partial charge in [-0.15, -0.1) is 6.58 Å². The molecule has 2 nitrogen and oxygen atoms in total. The molecule has 1 aliphatic carbocycles. The van der Waals surface area contributed by atoms with E-state index in [9.17, 15) is 5.11 Å². The fourth-order valence-corrected chi connectivity index (χ4v) is 1.91. The molecule has 1 saturated carbocycles. The van der Waals surface area contributed by atoms with Crippen LogP contribution in [0.1, 0.15) is 38.5 Å². The van der Waals surface area contributed by atoms with E-state index in [0.29, 0.717) is 0 Å². The monoisotopic (exact) mass is 183 g/mol. The lowest BCUT2D eigenvalue weighted by Gasteiger charge is -2.32. The molecule has 0 bridgehead atoms. The van der Waals surface area contributed by atoms with Gasteiger partial charge >= 0.3 is 0 Å². The molecule has 0 aliphatic heterocycles. The first-order valence-corrected chi connectivity index (χ1v) is 5.31. The van der Waals surface area contributed by atoms with Crippen LogP contribution >= 0.6 is 0 Å². The molecule has 0 aromatic heterocycles. The van der Waals surface area contributed by atoms with Crippen LogP contribution in [0.4, 0.5) is 0 Å². The smallest absolute Gasteiger partial charge is 0.0771 e. The Hall–Kier alpha value is -0.340. The second-order valence-electron chi connectivity index (χ2n) is 4.04. The molecule has 1 fully saturated rings. The summed E-state index contributed by atoms with van der Waals surface area (Å²) in [7, 11) is 0. The maximum Gasteiger partial charge on any atom is 0.0771 e. The maximum absolute atomic E-state index is 10.1. The van der Waals surface area contributed by atoms with Gasteiger partial charge in [0.1, 0.15) is 0 Å². The molecule has 0 amide bonds. The van der Waals surface area contributed by atoms with Crippen molar-refractivity contribution in [1.29, 1.82) is 0 Å². The highest BCUT2D eigenvalue weighted by atomic mass is 16.3. The van der Waals surface area contributed by atoms with E-state index in [2.05, 4.69) is 11.9 Å². The van der Waals surface area contributed by atoms with E-state index < -0.39 is 5.60 Å². The molecule has 0 radical (unpaired) electrons. The molecule has 76 valence electrons. The van der Waals surface area contributed by atoms with E-state index in [0.717, 1.165) is 32.4 Å². The quantitative estimate of drug-likeness (QED) is 0.503. The average Bonchev–Trinajstić information content (AvgIpc) is 2.14. The van der Waals surface area contributed by atoms with Crippen molar-refractivity contribution in [2.75, 3.05) is 13.1 Å². The van der Waals surface area contributed by atoms with E-state index in [1.54, 1.807) is 0 Å². The van der Waals surface area contributed by atoms with Crippen molar-refractivity contribution in [1.82, 2.24) is 5.32 Å². The predicted octanol–water partition coefficient (Wildman–Crippen LogP) is 1.85. The summed E-state index contributed by atoms with van der Waals surface area (Å²) < 4.78 is 0. The largest absolute Gasteiger partial charge is 0.389 e. The Morgan fingerprint density at radius 2 is 2.00 bits per heavy atom. The first-order chi connectivity index (χ1) is 6.27. The molecular weight excluding hydrogens is 162 g/mol. The standard InChI is InChI=1S/C11H21NO/c1-2-3-9-12-10-11(13)7-5-4-6-8-11/h2,12-13H,1,3-10H2. The summed E-state index contributed by atoms with van der Waals surface area (Å²) in [6.45, 7) is 5.35. The summed E-state index contributed by atoms with van der Waals surface area (Å²) in [6.07, 6.45) is 8.46. The highest BCUT2D eigenvalue weighted by Crippen LogP contribution is 2.27. The van der Waals surface area contributed by atoms with Crippen LogP contribution < -0.4 is 5.32 Å². The highest BCUT2D eigenvalue weighted by Gasteiger charge is 2.28. The first kappa shape index (κ1) is 10.7. The predicted molar refractivity (Wildman–Crippen MR) is 55.7 cm³/mol. The van der Waals surface area contributed by atoms with Crippen LogP contribution in [-0.2, 0) is 0 Å². The number of nitrogens with one attached hydrogen (secondary N) is 1. The molecule has 0 aromatic rings. The molecule has 2 N–H and O–H groups in total. The molecular formula is C11H21NO. The molecule has 1 rings (SSSR count). The van der Waals surface area contributed by atoms with Crippen LogP contribution in [0, 0.1) is 0 Å². The summed E-state index contributed by atoms with van der Waals surface area (Å²) in [4.78, 5) is 0. The highest BCUT2D eigenvalue weighted by molar-refractivity contribution is 4.84. The molecule has 13 heavy (non-hydrogen) atoms. The van der Waals surface area contributed by atoms with Crippen molar-refractivity contribution in [2.45, 2.75) is 44.1 Å². The minimum atomic E-state index is -0.417. The zero-order chi connectivity index (χ0) is 9.57. The SMILES string of the molecule is C=CCCNCC1(O)CCCCC1. The van der Waals surface area contributed by atoms with Gasteiger partial charge < -0.3 is 10.4 Å². The molecule has 0 atom stereocenters. The van der Waals surface area contributed by atoms with Gasteiger partial charge in [-0.1, -0.05) is 25.3 Å². The van der Waals surface area contributed by atoms with E-state index in [4.69, 9.17) is 0 Å². The number of aliphatic hydroxyl groups is 1. The van der Waals surface area contributed by atoms with Gasteiger partial charge in [-0.3, -0.25) is 0 Å². The maximum atomic E-state index is 10.1. The van der Waals surface area contributed by atoms with Gasteiger partial charge in [-0.2, -0.15) is 0 Å². The number of rotatable bonds is 5. The van der Waals surface area contributed by atoms with Gasteiger partial charge in [0.2, 0.25) is 0 Å². The van der Waals surface area contributed by atoms with E-state index in [1.807, 2.05) is 6.08 Å². The van der Waals surface area contributed by atoms with Gasteiger partial charge in [0.05, 0.1) is 5.60 Å².